The fourth-order valence-electron chi connectivity index (χ4n) is 1.59. The first kappa shape index (κ1) is 14.7. The van der Waals surface area contributed by atoms with Crippen LogP contribution in [0.2, 0.25) is 0 Å². The summed E-state index contributed by atoms with van der Waals surface area (Å²) in [6, 6.07) is 2.74. The van der Waals surface area contributed by atoms with Gasteiger partial charge >= 0.3 is 0 Å². The minimum absolute atomic E-state index is 0.0325. The third kappa shape index (κ3) is 4.11. The first-order valence-corrected chi connectivity index (χ1v) is 5.95. The molecule has 2 N–H and O–H groups in total. The lowest BCUT2D eigenvalue weighted by Crippen LogP contribution is -2.46. The second-order valence-corrected chi connectivity index (χ2v) is 4.46. The Morgan fingerprint density at radius 3 is 2.63 bits per heavy atom. The van der Waals surface area contributed by atoms with Crippen molar-refractivity contribution in [1.29, 1.82) is 0 Å². The van der Waals surface area contributed by atoms with Crippen LogP contribution in [0, 0.1) is 18.3 Å². The van der Waals surface area contributed by atoms with Crippen LogP contribution in [-0.4, -0.2) is 22.8 Å². The molecular formula is C14H17N3O2. The Balaban J connectivity index is 2.88. The van der Waals surface area contributed by atoms with Crippen LogP contribution in [0.3, 0.4) is 0 Å². The summed E-state index contributed by atoms with van der Waals surface area (Å²) in [5.74, 6) is 1.80. The molecule has 1 aromatic heterocycles. The Hall–Kier alpha value is -2.35. The van der Waals surface area contributed by atoms with Crippen molar-refractivity contribution in [3.05, 3.63) is 24.0 Å². The first-order chi connectivity index (χ1) is 8.95. The summed E-state index contributed by atoms with van der Waals surface area (Å²) in [7, 11) is 0. The van der Waals surface area contributed by atoms with E-state index in [-0.39, 0.29) is 17.7 Å². The molecule has 0 aliphatic rings. The summed E-state index contributed by atoms with van der Waals surface area (Å²) in [5.41, 5.74) is 0.826. The summed E-state index contributed by atoms with van der Waals surface area (Å²) in [4.78, 5) is 27.2. The average molecular weight is 259 g/mol. The number of hydrogen-bond acceptors (Lipinski definition) is 3. The maximum absolute atomic E-state index is 12.1. The fourth-order valence-corrected chi connectivity index (χ4v) is 1.59. The van der Waals surface area contributed by atoms with Crippen molar-refractivity contribution in [2.75, 3.05) is 5.32 Å². The second-order valence-electron chi connectivity index (χ2n) is 4.46. The van der Waals surface area contributed by atoms with Crippen LogP contribution in [0.4, 0.5) is 5.69 Å². The monoisotopic (exact) mass is 259 g/mol. The Morgan fingerprint density at radius 2 is 2.11 bits per heavy atom. The normalized spacial score (nSPS) is 11.5. The Labute approximate surface area is 112 Å². The van der Waals surface area contributed by atoms with Gasteiger partial charge in [0.1, 0.15) is 11.7 Å². The molecule has 1 atom stereocenters. The van der Waals surface area contributed by atoms with Crippen molar-refractivity contribution >= 4 is 17.5 Å². The lowest BCUT2D eigenvalue weighted by Gasteiger charge is -2.21. The van der Waals surface area contributed by atoms with Gasteiger partial charge in [-0.2, -0.15) is 0 Å². The molecule has 19 heavy (non-hydrogen) atoms. The van der Waals surface area contributed by atoms with Gasteiger partial charge in [0, 0.05) is 13.1 Å². The maximum Gasteiger partial charge on any atom is 0.247 e. The van der Waals surface area contributed by atoms with Crippen LogP contribution in [0.25, 0.3) is 0 Å². The number of hydrogen-bond donors (Lipinski definition) is 2. The SMILES string of the molecule is C#Cc1ncccc1NC(=O)[C@H](NC(C)=O)C(C)C. The van der Waals surface area contributed by atoms with E-state index in [1.165, 1.54) is 6.92 Å². The fraction of sp³-hybridized carbons (Fsp3) is 0.357. The molecule has 2 amide bonds. The largest absolute Gasteiger partial charge is 0.344 e. The van der Waals surface area contributed by atoms with E-state index in [0.717, 1.165) is 0 Å². The summed E-state index contributed by atoms with van der Waals surface area (Å²) in [6.07, 6.45) is 6.86. The van der Waals surface area contributed by atoms with Gasteiger partial charge in [-0.1, -0.05) is 13.8 Å². The standard InChI is InChI=1S/C14H17N3O2/c1-5-11-12(7-6-8-15-11)17-14(19)13(9(2)3)16-10(4)18/h1,6-9,13H,2-4H3,(H,16,18)(H,17,19)/t13-/m1/s1. The molecule has 0 aliphatic heterocycles. The smallest absolute Gasteiger partial charge is 0.247 e. The van der Waals surface area contributed by atoms with Crippen LogP contribution in [-0.2, 0) is 9.59 Å². The predicted octanol–water partition coefficient (Wildman–Crippen LogP) is 1.16. The van der Waals surface area contributed by atoms with Gasteiger partial charge < -0.3 is 10.6 Å². The van der Waals surface area contributed by atoms with Gasteiger partial charge in [-0.15, -0.1) is 6.42 Å². The highest BCUT2D eigenvalue weighted by molar-refractivity contribution is 5.97. The van der Waals surface area contributed by atoms with Crippen LogP contribution in [0.5, 0.6) is 0 Å². The van der Waals surface area contributed by atoms with Gasteiger partial charge in [0.25, 0.3) is 0 Å². The highest BCUT2D eigenvalue weighted by Gasteiger charge is 2.23. The molecule has 1 heterocycles. The van der Waals surface area contributed by atoms with E-state index in [1.54, 1.807) is 18.3 Å². The molecule has 1 rings (SSSR count). The lowest BCUT2D eigenvalue weighted by molar-refractivity contribution is -0.126. The topological polar surface area (TPSA) is 71.1 Å². The highest BCUT2D eigenvalue weighted by atomic mass is 16.2. The first-order valence-electron chi connectivity index (χ1n) is 5.95. The Morgan fingerprint density at radius 1 is 1.42 bits per heavy atom. The van der Waals surface area contributed by atoms with Crippen LogP contribution < -0.4 is 10.6 Å². The molecule has 100 valence electrons. The van der Waals surface area contributed by atoms with Crippen molar-refractivity contribution in [1.82, 2.24) is 10.3 Å². The number of terminal acetylenes is 1. The molecule has 0 fully saturated rings. The van der Waals surface area contributed by atoms with E-state index < -0.39 is 6.04 Å². The zero-order valence-corrected chi connectivity index (χ0v) is 11.2. The molecule has 0 unspecified atom stereocenters. The van der Waals surface area contributed by atoms with Gasteiger partial charge in [-0.25, -0.2) is 4.98 Å². The third-order valence-corrected chi connectivity index (χ3v) is 2.51. The number of rotatable bonds is 4. The Bertz CT molecular complexity index is 518. The number of carbonyl (C=O) groups excluding carboxylic acids is 2. The third-order valence-electron chi connectivity index (χ3n) is 2.51. The zero-order chi connectivity index (χ0) is 14.4. The van der Waals surface area contributed by atoms with Crippen molar-refractivity contribution in [3.8, 4) is 12.3 Å². The minimum Gasteiger partial charge on any atom is -0.344 e. The molecule has 0 saturated heterocycles. The highest BCUT2D eigenvalue weighted by Crippen LogP contribution is 2.12. The number of carbonyl (C=O) groups is 2. The molecule has 0 saturated carbocycles. The summed E-state index contributed by atoms with van der Waals surface area (Å²) < 4.78 is 0. The molecule has 0 spiro atoms. The number of aromatic nitrogens is 1. The van der Waals surface area contributed by atoms with Crippen LogP contribution in [0.15, 0.2) is 18.3 Å². The van der Waals surface area contributed by atoms with Crippen molar-refractivity contribution < 1.29 is 9.59 Å². The van der Waals surface area contributed by atoms with Crippen LogP contribution in [0.1, 0.15) is 26.5 Å². The van der Waals surface area contributed by atoms with Gasteiger partial charge in [0.05, 0.1) is 5.69 Å². The molecule has 5 nitrogen and oxygen atoms in total. The van der Waals surface area contributed by atoms with Gasteiger partial charge in [0.2, 0.25) is 11.8 Å². The van der Waals surface area contributed by atoms with Gasteiger partial charge in [-0.05, 0) is 24.0 Å². The molecule has 1 aromatic rings. The number of amides is 2. The molecular weight excluding hydrogens is 242 g/mol. The van der Waals surface area contributed by atoms with Crippen molar-refractivity contribution in [3.63, 3.8) is 0 Å². The zero-order valence-electron chi connectivity index (χ0n) is 11.2. The van der Waals surface area contributed by atoms with Crippen LogP contribution >= 0.6 is 0 Å². The number of anilines is 1. The Kier molecular flexibility index (Phi) is 5.07. The van der Waals surface area contributed by atoms with E-state index in [0.29, 0.717) is 11.4 Å². The van der Waals surface area contributed by atoms with E-state index in [1.807, 2.05) is 13.8 Å². The number of nitrogens with one attached hydrogen (secondary N) is 2. The lowest BCUT2D eigenvalue weighted by atomic mass is 10.0. The molecule has 0 aliphatic carbocycles. The minimum atomic E-state index is -0.608. The van der Waals surface area contributed by atoms with E-state index in [9.17, 15) is 9.59 Å². The van der Waals surface area contributed by atoms with Crippen molar-refractivity contribution in [2.45, 2.75) is 26.8 Å². The van der Waals surface area contributed by atoms with E-state index in [2.05, 4.69) is 21.5 Å². The summed E-state index contributed by atoms with van der Waals surface area (Å²) >= 11 is 0. The predicted molar refractivity (Wildman–Crippen MR) is 73.2 cm³/mol. The average Bonchev–Trinajstić information content (AvgIpc) is 2.36. The second kappa shape index (κ2) is 6.55. The number of nitrogens with zero attached hydrogens (tertiary/aromatic N) is 1. The quantitative estimate of drug-likeness (QED) is 0.797. The van der Waals surface area contributed by atoms with Gasteiger partial charge in [0.15, 0.2) is 0 Å². The molecule has 0 bridgehead atoms. The molecule has 0 radical (unpaired) electrons. The molecule has 5 heteroatoms. The van der Waals surface area contributed by atoms with Crippen molar-refractivity contribution in [2.24, 2.45) is 5.92 Å². The van der Waals surface area contributed by atoms with E-state index >= 15 is 0 Å². The maximum atomic E-state index is 12.1. The van der Waals surface area contributed by atoms with Gasteiger partial charge in [-0.3, -0.25) is 9.59 Å². The number of pyridine rings is 1. The summed E-state index contributed by atoms with van der Waals surface area (Å²) in [5, 5.41) is 5.30. The summed E-state index contributed by atoms with van der Waals surface area (Å²) in [6.45, 7) is 5.08. The molecule has 0 aromatic carbocycles. The van der Waals surface area contributed by atoms with E-state index in [4.69, 9.17) is 6.42 Å².